The Morgan fingerprint density at radius 2 is 2.28 bits per heavy atom. The highest BCUT2D eigenvalue weighted by atomic mass is 16.5. The van der Waals surface area contributed by atoms with E-state index in [-0.39, 0.29) is 18.1 Å². The molecule has 25 heavy (non-hydrogen) atoms. The molecule has 1 N–H and O–H groups in total. The first-order chi connectivity index (χ1) is 12.1. The smallest absolute Gasteiger partial charge is 0.251 e. The Balaban J connectivity index is 1.55. The molecule has 1 aromatic rings. The average molecular weight is 348 g/mol. The van der Waals surface area contributed by atoms with Gasteiger partial charge in [0.2, 0.25) is 5.88 Å². The molecule has 0 saturated carbocycles. The normalized spacial score (nSPS) is 26.6. The predicted molar refractivity (Wildman–Crippen MR) is 93.7 cm³/mol. The van der Waals surface area contributed by atoms with Crippen LogP contribution in [-0.2, 0) is 9.47 Å². The molecule has 1 amide bonds. The fourth-order valence-electron chi connectivity index (χ4n) is 3.54. The van der Waals surface area contributed by atoms with Gasteiger partial charge in [-0.15, -0.1) is 0 Å². The van der Waals surface area contributed by atoms with Crippen LogP contribution in [0.5, 0.6) is 5.88 Å². The molecule has 2 aliphatic heterocycles. The van der Waals surface area contributed by atoms with Crippen molar-refractivity contribution in [2.45, 2.75) is 45.3 Å². The van der Waals surface area contributed by atoms with Crippen LogP contribution in [-0.4, -0.2) is 49.5 Å². The largest absolute Gasteiger partial charge is 0.472 e. The van der Waals surface area contributed by atoms with Crippen molar-refractivity contribution in [1.82, 2.24) is 10.3 Å². The molecular weight excluding hydrogens is 320 g/mol. The van der Waals surface area contributed by atoms with E-state index in [0.29, 0.717) is 43.0 Å². The second-order valence-corrected chi connectivity index (χ2v) is 7.18. The van der Waals surface area contributed by atoms with Crippen molar-refractivity contribution in [3.8, 4) is 5.88 Å². The number of amides is 1. The number of hydrogen-bond acceptors (Lipinski definition) is 5. The minimum Gasteiger partial charge on any atom is -0.472 e. The van der Waals surface area contributed by atoms with Gasteiger partial charge in [0, 0.05) is 43.3 Å². The lowest BCUT2D eigenvalue weighted by Crippen LogP contribution is -2.41. The van der Waals surface area contributed by atoms with Crippen LogP contribution < -0.4 is 10.1 Å². The molecular formula is C19H28N2O4. The zero-order valence-corrected chi connectivity index (χ0v) is 15.1. The van der Waals surface area contributed by atoms with Crippen molar-refractivity contribution in [3.63, 3.8) is 0 Å². The molecule has 0 aliphatic carbocycles. The summed E-state index contributed by atoms with van der Waals surface area (Å²) in [6, 6.07) is 3.41. The molecule has 2 saturated heterocycles. The molecule has 3 heterocycles. The Kier molecular flexibility index (Phi) is 6.26. The minimum absolute atomic E-state index is 0.0250. The van der Waals surface area contributed by atoms with E-state index < -0.39 is 0 Å². The van der Waals surface area contributed by atoms with E-state index in [2.05, 4.69) is 24.1 Å². The number of aromatic nitrogens is 1. The Morgan fingerprint density at radius 1 is 1.40 bits per heavy atom. The molecule has 0 aromatic carbocycles. The molecule has 138 valence electrons. The fourth-order valence-corrected chi connectivity index (χ4v) is 3.54. The molecule has 6 nitrogen and oxygen atoms in total. The van der Waals surface area contributed by atoms with E-state index in [1.54, 1.807) is 18.3 Å². The third-order valence-electron chi connectivity index (χ3n) is 4.85. The highest BCUT2D eigenvalue weighted by Gasteiger charge is 2.28. The summed E-state index contributed by atoms with van der Waals surface area (Å²) < 4.78 is 17.0. The quantitative estimate of drug-likeness (QED) is 0.855. The van der Waals surface area contributed by atoms with Gasteiger partial charge in [0.15, 0.2) is 0 Å². The van der Waals surface area contributed by atoms with E-state index >= 15 is 0 Å². The molecule has 3 rings (SSSR count). The number of hydrogen-bond donors (Lipinski definition) is 1. The predicted octanol–water partition coefficient (Wildman–Crippen LogP) is 2.43. The maximum Gasteiger partial charge on any atom is 0.251 e. The first-order valence-electron chi connectivity index (χ1n) is 9.23. The van der Waals surface area contributed by atoms with E-state index in [1.807, 2.05) is 0 Å². The Bertz CT molecular complexity index is 572. The topological polar surface area (TPSA) is 69.7 Å². The van der Waals surface area contributed by atoms with E-state index in [9.17, 15) is 4.79 Å². The zero-order chi connectivity index (χ0) is 17.6. The number of nitrogens with zero attached hydrogens (tertiary/aromatic N) is 1. The zero-order valence-electron chi connectivity index (χ0n) is 15.1. The average Bonchev–Trinajstić information content (AvgIpc) is 3.13. The van der Waals surface area contributed by atoms with Gasteiger partial charge >= 0.3 is 0 Å². The van der Waals surface area contributed by atoms with Crippen LogP contribution in [0.3, 0.4) is 0 Å². The first kappa shape index (κ1) is 18.1. The third-order valence-corrected chi connectivity index (χ3v) is 4.85. The maximum absolute atomic E-state index is 12.5. The van der Waals surface area contributed by atoms with Gasteiger partial charge in [0.1, 0.15) is 6.10 Å². The van der Waals surface area contributed by atoms with Crippen molar-refractivity contribution in [2.75, 3.05) is 26.4 Å². The lowest BCUT2D eigenvalue weighted by atomic mass is 9.87. The summed E-state index contributed by atoms with van der Waals surface area (Å²) in [7, 11) is 0. The molecule has 3 atom stereocenters. The van der Waals surface area contributed by atoms with Crippen LogP contribution in [0.4, 0.5) is 0 Å². The molecule has 3 unspecified atom stereocenters. The molecule has 0 bridgehead atoms. The van der Waals surface area contributed by atoms with Gasteiger partial charge in [0.25, 0.3) is 5.91 Å². The number of pyridine rings is 1. The van der Waals surface area contributed by atoms with Crippen LogP contribution >= 0.6 is 0 Å². The first-order valence-corrected chi connectivity index (χ1v) is 9.23. The number of nitrogens with one attached hydrogen (secondary N) is 1. The standard InChI is InChI=1S/C19H28N2O4/c1-13(2)18-15(4-3-8-24-18)11-21-19(22)14-5-7-20-17(10-14)25-16-6-9-23-12-16/h5,7,10,13,15-16,18H,3-4,6,8-9,11-12H2,1-2H3,(H,21,22). The maximum atomic E-state index is 12.5. The number of carbonyl (C=O) groups is 1. The minimum atomic E-state index is -0.0944. The summed E-state index contributed by atoms with van der Waals surface area (Å²) in [5, 5.41) is 3.05. The summed E-state index contributed by atoms with van der Waals surface area (Å²) in [4.78, 5) is 16.7. The molecule has 1 aromatic heterocycles. The Hall–Kier alpha value is -1.66. The highest BCUT2D eigenvalue weighted by molar-refractivity contribution is 5.94. The lowest BCUT2D eigenvalue weighted by molar-refractivity contribution is -0.0510. The van der Waals surface area contributed by atoms with Gasteiger partial charge in [-0.3, -0.25) is 4.79 Å². The summed E-state index contributed by atoms with van der Waals surface area (Å²) in [6.45, 7) is 7.09. The van der Waals surface area contributed by atoms with Crippen LogP contribution in [0.1, 0.15) is 43.5 Å². The second kappa shape index (κ2) is 8.63. The van der Waals surface area contributed by atoms with Gasteiger partial charge in [-0.1, -0.05) is 13.8 Å². The van der Waals surface area contributed by atoms with Crippen molar-refractivity contribution < 1.29 is 19.0 Å². The van der Waals surface area contributed by atoms with Gasteiger partial charge < -0.3 is 19.5 Å². The van der Waals surface area contributed by atoms with Crippen molar-refractivity contribution in [2.24, 2.45) is 11.8 Å². The number of ether oxygens (including phenoxy) is 3. The van der Waals surface area contributed by atoms with E-state index in [1.165, 1.54) is 0 Å². The number of carbonyl (C=O) groups excluding carboxylic acids is 1. The highest BCUT2D eigenvalue weighted by Crippen LogP contribution is 2.26. The van der Waals surface area contributed by atoms with Gasteiger partial charge in [-0.2, -0.15) is 0 Å². The summed E-state index contributed by atoms with van der Waals surface area (Å²) in [5.74, 6) is 1.20. The lowest BCUT2D eigenvalue weighted by Gasteiger charge is -2.34. The Labute approximate surface area is 149 Å². The molecule has 2 fully saturated rings. The summed E-state index contributed by atoms with van der Waals surface area (Å²) >= 11 is 0. The Morgan fingerprint density at radius 3 is 3.04 bits per heavy atom. The van der Waals surface area contributed by atoms with Gasteiger partial charge in [-0.05, 0) is 24.8 Å². The SMILES string of the molecule is CC(C)C1OCCCC1CNC(=O)c1ccnc(OC2CCOC2)c1. The van der Waals surface area contributed by atoms with E-state index in [4.69, 9.17) is 14.2 Å². The fraction of sp³-hybridized carbons (Fsp3) is 0.684. The summed E-state index contributed by atoms with van der Waals surface area (Å²) in [5.41, 5.74) is 0.571. The van der Waals surface area contributed by atoms with Gasteiger partial charge in [0.05, 0.1) is 19.3 Å². The third kappa shape index (κ3) is 4.92. The second-order valence-electron chi connectivity index (χ2n) is 7.18. The van der Waals surface area contributed by atoms with Crippen LogP contribution in [0.2, 0.25) is 0 Å². The molecule has 0 spiro atoms. The molecule has 6 heteroatoms. The molecule has 0 radical (unpaired) electrons. The van der Waals surface area contributed by atoms with Crippen molar-refractivity contribution in [3.05, 3.63) is 23.9 Å². The van der Waals surface area contributed by atoms with Gasteiger partial charge in [-0.25, -0.2) is 4.98 Å². The molecule has 2 aliphatic rings. The van der Waals surface area contributed by atoms with E-state index in [0.717, 1.165) is 25.9 Å². The number of rotatable bonds is 6. The van der Waals surface area contributed by atoms with Crippen LogP contribution in [0.15, 0.2) is 18.3 Å². The van der Waals surface area contributed by atoms with Crippen LogP contribution in [0, 0.1) is 11.8 Å². The summed E-state index contributed by atoms with van der Waals surface area (Å²) in [6.07, 6.45) is 4.86. The van der Waals surface area contributed by atoms with Crippen LogP contribution in [0.25, 0.3) is 0 Å². The van der Waals surface area contributed by atoms with Crippen molar-refractivity contribution in [1.29, 1.82) is 0 Å². The van der Waals surface area contributed by atoms with Crippen molar-refractivity contribution >= 4 is 5.91 Å². The monoisotopic (exact) mass is 348 g/mol.